The van der Waals surface area contributed by atoms with Crippen molar-refractivity contribution in [3.05, 3.63) is 53.8 Å². The molecule has 1 heterocycles. The second-order valence-corrected chi connectivity index (χ2v) is 4.77. The lowest BCUT2D eigenvalue weighted by Crippen LogP contribution is -1.86. The van der Waals surface area contributed by atoms with E-state index in [1.807, 2.05) is 30.3 Å². The lowest BCUT2D eigenvalue weighted by molar-refractivity contribution is 0.489. The molecule has 0 bridgehead atoms. The number of hydrogen-bond acceptors (Lipinski definition) is 4. The quantitative estimate of drug-likeness (QED) is 0.706. The molecule has 2 aromatic carbocycles. The van der Waals surface area contributed by atoms with E-state index in [-0.39, 0.29) is 5.56 Å². The number of nitrogens with zero attached hydrogens (tertiary/aromatic N) is 2. The highest BCUT2D eigenvalue weighted by Crippen LogP contribution is 2.32. The standard InChI is InChI=1S/C14H7FN2OS/c15-10-4-3-7-13(9(10)8-16)19-14-17-11-5-1-2-6-12(11)18-14/h1-7H. The minimum atomic E-state index is -0.538. The fraction of sp³-hybridized carbons (Fsp3) is 0. The molecule has 5 heteroatoms. The Balaban J connectivity index is 2.02. The Kier molecular flexibility index (Phi) is 2.94. The van der Waals surface area contributed by atoms with E-state index in [1.54, 1.807) is 12.1 Å². The molecule has 3 nitrogen and oxygen atoms in total. The van der Waals surface area contributed by atoms with Crippen LogP contribution in [0.3, 0.4) is 0 Å². The summed E-state index contributed by atoms with van der Waals surface area (Å²) in [6.07, 6.45) is 0. The molecule has 3 aromatic rings. The first-order chi connectivity index (χ1) is 9.28. The van der Waals surface area contributed by atoms with Crippen molar-refractivity contribution in [1.82, 2.24) is 4.98 Å². The third kappa shape index (κ3) is 2.18. The van der Waals surface area contributed by atoms with E-state index >= 15 is 0 Å². The Morgan fingerprint density at radius 3 is 2.79 bits per heavy atom. The molecule has 0 spiro atoms. The van der Waals surface area contributed by atoms with Gasteiger partial charge in [0.05, 0.1) is 0 Å². The summed E-state index contributed by atoms with van der Waals surface area (Å²) >= 11 is 1.14. The van der Waals surface area contributed by atoms with Gasteiger partial charge >= 0.3 is 0 Å². The molecular weight excluding hydrogens is 263 g/mol. The highest BCUT2D eigenvalue weighted by Gasteiger charge is 2.12. The Morgan fingerprint density at radius 2 is 2.00 bits per heavy atom. The molecule has 0 N–H and O–H groups in total. The van der Waals surface area contributed by atoms with Crippen molar-refractivity contribution in [1.29, 1.82) is 5.26 Å². The van der Waals surface area contributed by atoms with Gasteiger partial charge in [-0.1, -0.05) is 18.2 Å². The Morgan fingerprint density at radius 1 is 1.16 bits per heavy atom. The van der Waals surface area contributed by atoms with Crippen molar-refractivity contribution >= 4 is 22.9 Å². The average Bonchev–Trinajstić information content (AvgIpc) is 2.81. The highest BCUT2D eigenvalue weighted by atomic mass is 32.2. The largest absolute Gasteiger partial charge is 0.431 e. The van der Waals surface area contributed by atoms with Gasteiger partial charge in [0.2, 0.25) is 0 Å². The summed E-state index contributed by atoms with van der Waals surface area (Å²) in [5.74, 6) is -0.538. The summed E-state index contributed by atoms with van der Waals surface area (Å²) in [6.45, 7) is 0. The van der Waals surface area contributed by atoms with Crippen LogP contribution < -0.4 is 0 Å². The van der Waals surface area contributed by atoms with Crippen LogP contribution in [0, 0.1) is 17.1 Å². The number of oxazole rings is 1. The van der Waals surface area contributed by atoms with Crippen LogP contribution >= 0.6 is 11.8 Å². The molecule has 0 amide bonds. The smallest absolute Gasteiger partial charge is 0.261 e. The maximum atomic E-state index is 13.5. The van der Waals surface area contributed by atoms with Gasteiger partial charge in [-0.2, -0.15) is 5.26 Å². The monoisotopic (exact) mass is 270 g/mol. The first-order valence-corrected chi connectivity index (χ1v) is 6.31. The van der Waals surface area contributed by atoms with Crippen LogP contribution in [0.15, 0.2) is 57.0 Å². The minimum Gasteiger partial charge on any atom is -0.431 e. The predicted molar refractivity (Wildman–Crippen MR) is 69.2 cm³/mol. The van der Waals surface area contributed by atoms with Gasteiger partial charge in [-0.15, -0.1) is 0 Å². The third-order valence-corrected chi connectivity index (χ3v) is 3.47. The predicted octanol–water partition coefficient (Wildman–Crippen LogP) is 3.99. The maximum absolute atomic E-state index is 13.5. The third-order valence-electron chi connectivity index (χ3n) is 2.56. The second kappa shape index (κ2) is 4.75. The summed E-state index contributed by atoms with van der Waals surface area (Å²) in [6, 6.07) is 13.7. The molecule has 0 radical (unpaired) electrons. The van der Waals surface area contributed by atoms with Crippen molar-refractivity contribution < 1.29 is 8.81 Å². The summed E-state index contributed by atoms with van der Waals surface area (Å²) < 4.78 is 19.0. The lowest BCUT2D eigenvalue weighted by Gasteiger charge is -2.00. The molecule has 0 aliphatic carbocycles. The van der Waals surface area contributed by atoms with Gasteiger partial charge in [0, 0.05) is 4.90 Å². The number of rotatable bonds is 2. The number of benzene rings is 2. The van der Waals surface area contributed by atoms with Crippen LogP contribution in [0.5, 0.6) is 0 Å². The maximum Gasteiger partial charge on any atom is 0.261 e. The summed E-state index contributed by atoms with van der Waals surface area (Å²) in [7, 11) is 0. The van der Waals surface area contributed by atoms with E-state index in [0.717, 1.165) is 17.3 Å². The average molecular weight is 270 g/mol. The number of para-hydroxylation sites is 2. The van der Waals surface area contributed by atoms with E-state index in [0.29, 0.717) is 15.7 Å². The number of fused-ring (bicyclic) bond motifs is 1. The van der Waals surface area contributed by atoms with Crippen LogP contribution in [0.2, 0.25) is 0 Å². The van der Waals surface area contributed by atoms with E-state index in [9.17, 15) is 4.39 Å². The second-order valence-electron chi connectivity index (χ2n) is 3.77. The number of halogens is 1. The normalized spacial score (nSPS) is 10.5. The van der Waals surface area contributed by atoms with Crippen LogP contribution in [-0.2, 0) is 0 Å². The van der Waals surface area contributed by atoms with Crippen LogP contribution in [-0.4, -0.2) is 4.98 Å². The fourth-order valence-corrected chi connectivity index (χ4v) is 2.54. The van der Waals surface area contributed by atoms with Crippen LogP contribution in [0.25, 0.3) is 11.1 Å². The van der Waals surface area contributed by atoms with Crippen LogP contribution in [0.1, 0.15) is 5.56 Å². The molecule has 3 rings (SSSR count). The van der Waals surface area contributed by atoms with Crippen molar-refractivity contribution in [2.75, 3.05) is 0 Å². The van der Waals surface area contributed by atoms with Gasteiger partial charge in [0.1, 0.15) is 23.0 Å². The zero-order valence-electron chi connectivity index (χ0n) is 9.63. The number of nitriles is 1. The van der Waals surface area contributed by atoms with Gasteiger partial charge in [-0.25, -0.2) is 9.37 Å². The molecule has 1 aromatic heterocycles. The van der Waals surface area contributed by atoms with Crippen molar-refractivity contribution in [3.63, 3.8) is 0 Å². The highest BCUT2D eigenvalue weighted by molar-refractivity contribution is 7.99. The number of aromatic nitrogens is 1. The molecule has 92 valence electrons. The first-order valence-electron chi connectivity index (χ1n) is 5.50. The van der Waals surface area contributed by atoms with Crippen molar-refractivity contribution in [3.8, 4) is 6.07 Å². The Hall–Kier alpha value is -2.32. The van der Waals surface area contributed by atoms with Gasteiger partial charge in [-0.05, 0) is 36.0 Å². The fourth-order valence-electron chi connectivity index (χ4n) is 1.69. The summed E-state index contributed by atoms with van der Waals surface area (Å²) in [5, 5.41) is 9.35. The number of hydrogen-bond donors (Lipinski definition) is 0. The summed E-state index contributed by atoms with van der Waals surface area (Å²) in [5.41, 5.74) is 1.41. The molecule has 0 fully saturated rings. The van der Waals surface area contributed by atoms with E-state index in [2.05, 4.69) is 4.98 Å². The van der Waals surface area contributed by atoms with Gasteiger partial charge in [-0.3, -0.25) is 0 Å². The van der Waals surface area contributed by atoms with E-state index in [1.165, 1.54) is 6.07 Å². The molecule has 0 saturated heterocycles. The van der Waals surface area contributed by atoms with Gasteiger partial charge in [0.15, 0.2) is 5.58 Å². The first kappa shape index (κ1) is 11.8. The molecule has 19 heavy (non-hydrogen) atoms. The summed E-state index contributed by atoms with van der Waals surface area (Å²) in [4.78, 5) is 4.77. The molecule has 0 atom stereocenters. The molecule has 0 aliphatic rings. The Bertz CT molecular complexity index is 758. The van der Waals surface area contributed by atoms with Gasteiger partial charge in [0.25, 0.3) is 5.22 Å². The van der Waals surface area contributed by atoms with E-state index < -0.39 is 5.82 Å². The van der Waals surface area contributed by atoms with Crippen molar-refractivity contribution in [2.24, 2.45) is 0 Å². The topological polar surface area (TPSA) is 49.8 Å². The van der Waals surface area contributed by atoms with Crippen LogP contribution in [0.4, 0.5) is 4.39 Å². The molecular formula is C14H7FN2OS. The zero-order chi connectivity index (χ0) is 13.2. The van der Waals surface area contributed by atoms with Crippen molar-refractivity contribution in [2.45, 2.75) is 10.1 Å². The minimum absolute atomic E-state index is 0.00903. The van der Waals surface area contributed by atoms with E-state index in [4.69, 9.17) is 9.68 Å². The lowest BCUT2D eigenvalue weighted by atomic mass is 10.2. The zero-order valence-corrected chi connectivity index (χ0v) is 10.4. The molecule has 0 aliphatic heterocycles. The molecule has 0 saturated carbocycles. The van der Waals surface area contributed by atoms with Gasteiger partial charge < -0.3 is 4.42 Å². The Labute approximate surface area is 112 Å². The SMILES string of the molecule is N#Cc1c(F)cccc1Sc1nc2ccccc2o1. The molecule has 0 unspecified atom stereocenters.